The second kappa shape index (κ2) is 10.1. The molecule has 1 aliphatic rings. The summed E-state index contributed by atoms with van der Waals surface area (Å²) < 4.78 is 5.66. The first-order valence-electron chi connectivity index (χ1n) is 11.1. The Hall–Kier alpha value is -3.40. The van der Waals surface area contributed by atoms with E-state index in [1.165, 1.54) is 6.33 Å². The molecule has 3 N–H and O–H groups in total. The number of methoxy groups -OCH3 is 1. The van der Waals surface area contributed by atoms with E-state index in [1.54, 1.807) is 25.3 Å². The normalized spacial score (nSPS) is 13.7. The molecular weight excluding hydrogens is 489 g/mol. The van der Waals surface area contributed by atoms with E-state index in [-0.39, 0.29) is 23.0 Å². The molecule has 5 rings (SSSR count). The third kappa shape index (κ3) is 4.88. The van der Waals surface area contributed by atoms with Crippen LogP contribution in [0.2, 0.25) is 10.0 Å². The average Bonchev–Trinajstić information content (AvgIpc) is 2.87. The van der Waals surface area contributed by atoms with Crippen molar-refractivity contribution < 1.29 is 4.74 Å². The van der Waals surface area contributed by atoms with Crippen LogP contribution in [0.4, 0.5) is 17.2 Å². The Bertz CT molecular complexity index is 1420. The number of benzene rings is 2. The Balaban J connectivity index is 1.55. The molecule has 2 aromatic carbocycles. The average molecular weight is 512 g/mol. The molecule has 0 amide bonds. The molecule has 1 aliphatic heterocycles. The van der Waals surface area contributed by atoms with E-state index >= 15 is 0 Å². The van der Waals surface area contributed by atoms with Crippen LogP contribution in [0.15, 0.2) is 47.5 Å². The van der Waals surface area contributed by atoms with E-state index in [0.29, 0.717) is 38.7 Å². The summed E-state index contributed by atoms with van der Waals surface area (Å²) in [6, 6.07) is 11.2. The molecule has 0 spiro atoms. The lowest BCUT2D eigenvalue weighted by molar-refractivity contribution is 0.416. The lowest BCUT2D eigenvalue weighted by Crippen LogP contribution is -2.43. The van der Waals surface area contributed by atoms with Crippen molar-refractivity contribution in [2.75, 3.05) is 43.5 Å². The maximum atomic E-state index is 12.7. The van der Waals surface area contributed by atoms with Gasteiger partial charge in [0.05, 0.1) is 19.1 Å². The van der Waals surface area contributed by atoms with E-state index in [4.69, 9.17) is 27.9 Å². The van der Waals surface area contributed by atoms with Crippen molar-refractivity contribution in [2.45, 2.75) is 6.42 Å². The fraction of sp³-hybridized carbons (Fsp3) is 0.250. The number of ether oxygens (including phenoxy) is 1. The van der Waals surface area contributed by atoms with Crippen molar-refractivity contribution in [2.24, 2.45) is 0 Å². The van der Waals surface area contributed by atoms with Gasteiger partial charge < -0.3 is 25.3 Å². The van der Waals surface area contributed by atoms with Crippen molar-refractivity contribution >= 4 is 51.4 Å². The van der Waals surface area contributed by atoms with Gasteiger partial charge in [-0.15, -0.1) is 0 Å². The molecule has 9 nitrogen and oxygen atoms in total. The topological polar surface area (TPSA) is 108 Å². The van der Waals surface area contributed by atoms with E-state index in [1.807, 2.05) is 18.2 Å². The van der Waals surface area contributed by atoms with Crippen molar-refractivity contribution in [3.05, 3.63) is 74.5 Å². The van der Waals surface area contributed by atoms with Crippen LogP contribution in [-0.2, 0) is 6.42 Å². The van der Waals surface area contributed by atoms with Crippen LogP contribution in [0.3, 0.4) is 0 Å². The zero-order chi connectivity index (χ0) is 24.4. The van der Waals surface area contributed by atoms with Crippen LogP contribution in [0.5, 0.6) is 5.75 Å². The minimum Gasteiger partial charge on any atom is -0.494 e. The number of hydrogen-bond donors (Lipinski definition) is 3. The van der Waals surface area contributed by atoms with Crippen LogP contribution < -0.4 is 25.8 Å². The summed E-state index contributed by atoms with van der Waals surface area (Å²) in [6.07, 6.45) is 1.59. The van der Waals surface area contributed by atoms with E-state index in [0.717, 1.165) is 31.9 Å². The highest BCUT2D eigenvalue weighted by molar-refractivity contribution is 6.36. The Morgan fingerprint density at radius 1 is 1.11 bits per heavy atom. The summed E-state index contributed by atoms with van der Waals surface area (Å²) in [5.41, 5.74) is 2.34. The number of hydrogen-bond acceptors (Lipinski definition) is 8. The number of rotatable bonds is 6. The van der Waals surface area contributed by atoms with E-state index in [2.05, 4.69) is 35.5 Å². The second-order valence-electron chi connectivity index (χ2n) is 8.04. The zero-order valence-corrected chi connectivity index (χ0v) is 20.5. The minimum atomic E-state index is -0.351. The van der Waals surface area contributed by atoms with Gasteiger partial charge in [-0.25, -0.2) is 15.0 Å². The summed E-state index contributed by atoms with van der Waals surface area (Å²) in [5, 5.41) is 7.89. The van der Waals surface area contributed by atoms with Gasteiger partial charge in [-0.3, -0.25) is 4.79 Å². The van der Waals surface area contributed by atoms with Gasteiger partial charge in [0, 0.05) is 54.4 Å². The predicted octanol–water partition coefficient (Wildman–Crippen LogP) is 3.77. The number of anilines is 3. The first-order valence-corrected chi connectivity index (χ1v) is 11.9. The Morgan fingerprint density at radius 2 is 1.89 bits per heavy atom. The van der Waals surface area contributed by atoms with Crippen LogP contribution in [-0.4, -0.2) is 53.2 Å². The largest absolute Gasteiger partial charge is 0.494 e. The zero-order valence-electron chi connectivity index (χ0n) is 18.9. The highest BCUT2D eigenvalue weighted by atomic mass is 35.5. The SMILES string of the molecule is COc1cc(N2CCNCC2)ccc1Nc1nc(Cc2c(Cl)cccc2Cl)nc2nc[nH]c(=O)c12. The first kappa shape index (κ1) is 23.3. The van der Waals surface area contributed by atoms with Gasteiger partial charge in [-0.1, -0.05) is 29.3 Å². The number of halogens is 2. The number of aromatic amines is 1. The number of nitrogens with zero attached hydrogens (tertiary/aromatic N) is 4. The van der Waals surface area contributed by atoms with Gasteiger partial charge in [0.1, 0.15) is 22.8 Å². The molecule has 180 valence electrons. The lowest BCUT2D eigenvalue weighted by atomic mass is 10.1. The van der Waals surface area contributed by atoms with Crippen molar-refractivity contribution in [1.82, 2.24) is 25.3 Å². The number of nitrogens with one attached hydrogen (secondary N) is 3. The molecule has 3 heterocycles. The molecular formula is C24H23Cl2N7O2. The van der Waals surface area contributed by atoms with Gasteiger partial charge in [0.2, 0.25) is 0 Å². The minimum absolute atomic E-state index is 0.245. The van der Waals surface area contributed by atoms with Crippen LogP contribution >= 0.6 is 23.2 Å². The van der Waals surface area contributed by atoms with Gasteiger partial charge in [0.15, 0.2) is 5.65 Å². The number of fused-ring (bicyclic) bond motifs is 1. The second-order valence-corrected chi connectivity index (χ2v) is 8.86. The van der Waals surface area contributed by atoms with Gasteiger partial charge in [-0.05, 0) is 29.8 Å². The fourth-order valence-corrected chi connectivity index (χ4v) is 4.61. The summed E-state index contributed by atoms with van der Waals surface area (Å²) in [4.78, 5) is 31.0. The maximum Gasteiger partial charge on any atom is 0.264 e. The van der Waals surface area contributed by atoms with E-state index < -0.39 is 0 Å². The monoisotopic (exact) mass is 511 g/mol. The molecule has 0 saturated carbocycles. The van der Waals surface area contributed by atoms with Crippen LogP contribution in [0, 0.1) is 0 Å². The van der Waals surface area contributed by atoms with Gasteiger partial charge in [-0.2, -0.15) is 0 Å². The summed E-state index contributed by atoms with van der Waals surface area (Å²) >= 11 is 12.7. The fourth-order valence-electron chi connectivity index (χ4n) is 4.08. The molecule has 0 unspecified atom stereocenters. The van der Waals surface area contributed by atoms with E-state index in [9.17, 15) is 4.79 Å². The predicted molar refractivity (Wildman–Crippen MR) is 139 cm³/mol. The third-order valence-electron chi connectivity index (χ3n) is 5.86. The van der Waals surface area contributed by atoms with Crippen molar-refractivity contribution in [3.63, 3.8) is 0 Å². The number of aromatic nitrogens is 4. The maximum absolute atomic E-state index is 12.7. The molecule has 1 fully saturated rings. The summed E-state index contributed by atoms with van der Waals surface area (Å²) in [6.45, 7) is 3.70. The number of piperazine rings is 1. The lowest BCUT2D eigenvalue weighted by Gasteiger charge is -2.30. The highest BCUT2D eigenvalue weighted by Gasteiger charge is 2.18. The standard InChI is InChI=1S/C24H23Cl2N7O2/c1-35-19-11-14(33-9-7-27-8-10-33)5-6-18(19)30-23-21-22(28-13-29-24(21)34)31-20(32-23)12-15-16(25)3-2-4-17(15)26/h2-6,11,13,27H,7-10,12H2,1H3,(H2,28,29,30,31,32,34). The summed E-state index contributed by atoms with van der Waals surface area (Å²) in [7, 11) is 1.61. The van der Waals surface area contributed by atoms with Crippen LogP contribution in [0.25, 0.3) is 11.0 Å². The molecule has 4 aromatic rings. The third-order valence-corrected chi connectivity index (χ3v) is 6.57. The molecule has 0 radical (unpaired) electrons. The molecule has 35 heavy (non-hydrogen) atoms. The smallest absolute Gasteiger partial charge is 0.264 e. The molecule has 11 heteroatoms. The molecule has 0 aliphatic carbocycles. The number of H-pyrrole nitrogens is 1. The van der Waals surface area contributed by atoms with Crippen molar-refractivity contribution in [1.29, 1.82) is 0 Å². The van der Waals surface area contributed by atoms with Crippen molar-refractivity contribution in [3.8, 4) is 5.75 Å². The molecule has 0 bridgehead atoms. The highest BCUT2D eigenvalue weighted by Crippen LogP contribution is 2.33. The first-order chi connectivity index (χ1) is 17.0. The molecule has 0 atom stereocenters. The summed E-state index contributed by atoms with van der Waals surface area (Å²) in [5.74, 6) is 1.36. The van der Waals surface area contributed by atoms with Gasteiger partial charge >= 0.3 is 0 Å². The quantitative estimate of drug-likeness (QED) is 0.359. The van der Waals surface area contributed by atoms with Crippen LogP contribution in [0.1, 0.15) is 11.4 Å². The Morgan fingerprint density at radius 3 is 2.63 bits per heavy atom. The molecule has 2 aromatic heterocycles. The van der Waals surface area contributed by atoms with Gasteiger partial charge in [0.25, 0.3) is 5.56 Å². The Labute approximate surface area is 211 Å². The Kier molecular flexibility index (Phi) is 6.72. The molecule has 1 saturated heterocycles.